The van der Waals surface area contributed by atoms with Gasteiger partial charge in [0.2, 0.25) is 10.0 Å². The molecule has 1 aliphatic heterocycles. The number of benzene rings is 2. The van der Waals surface area contributed by atoms with E-state index < -0.39 is 10.0 Å². The lowest BCUT2D eigenvalue weighted by atomic mass is 10.1. The molecule has 7 heteroatoms. The maximum atomic E-state index is 13.2. The summed E-state index contributed by atoms with van der Waals surface area (Å²) in [5.74, 6) is -0.462. The van der Waals surface area contributed by atoms with Crippen LogP contribution in [0, 0.1) is 5.82 Å². The molecule has 0 bridgehead atoms. The molecule has 2 aromatic carbocycles. The van der Waals surface area contributed by atoms with E-state index in [0.29, 0.717) is 10.6 Å². The first-order valence-corrected chi connectivity index (χ1v) is 10.7. The van der Waals surface area contributed by atoms with Gasteiger partial charge in [-0.3, -0.25) is 4.90 Å². The van der Waals surface area contributed by atoms with Crippen LogP contribution in [-0.4, -0.2) is 33.0 Å². The van der Waals surface area contributed by atoms with Crippen molar-refractivity contribution in [1.29, 1.82) is 0 Å². The van der Waals surface area contributed by atoms with Crippen LogP contribution in [0.3, 0.4) is 0 Å². The molecule has 0 amide bonds. The summed E-state index contributed by atoms with van der Waals surface area (Å²) in [6.45, 7) is 2.07. The van der Waals surface area contributed by atoms with Crippen molar-refractivity contribution < 1.29 is 12.8 Å². The van der Waals surface area contributed by atoms with Crippen LogP contribution in [0.25, 0.3) is 0 Å². The largest absolute Gasteiger partial charge is 0.295 e. The Balaban J connectivity index is 1.72. The Morgan fingerprint density at radius 2 is 1.73 bits per heavy atom. The fourth-order valence-corrected chi connectivity index (χ4v) is 4.73. The van der Waals surface area contributed by atoms with Gasteiger partial charge in [0, 0.05) is 17.6 Å². The van der Waals surface area contributed by atoms with E-state index in [9.17, 15) is 12.8 Å². The van der Waals surface area contributed by atoms with Gasteiger partial charge >= 0.3 is 0 Å². The van der Waals surface area contributed by atoms with Crippen molar-refractivity contribution in [2.24, 2.45) is 0 Å². The van der Waals surface area contributed by atoms with E-state index >= 15 is 0 Å². The molecule has 1 heterocycles. The van der Waals surface area contributed by atoms with E-state index in [-0.39, 0.29) is 24.2 Å². The van der Waals surface area contributed by atoms with Crippen molar-refractivity contribution >= 4 is 21.6 Å². The van der Waals surface area contributed by atoms with Gasteiger partial charge in [0.25, 0.3) is 0 Å². The lowest BCUT2D eigenvalue weighted by Crippen LogP contribution is -2.37. The van der Waals surface area contributed by atoms with Gasteiger partial charge in [-0.15, -0.1) is 0 Å². The quantitative estimate of drug-likeness (QED) is 0.775. The molecule has 1 aliphatic rings. The number of nitrogens with one attached hydrogen (secondary N) is 1. The Bertz CT molecular complexity index is 837. The molecule has 4 nitrogen and oxygen atoms in total. The molecule has 0 saturated carbocycles. The lowest BCUT2D eigenvalue weighted by Gasteiger charge is -2.28. The molecular formula is C19H22ClFN2O2S. The highest BCUT2D eigenvalue weighted by Crippen LogP contribution is 2.25. The molecule has 3 rings (SSSR count). The number of rotatable bonds is 7. The highest BCUT2D eigenvalue weighted by atomic mass is 35.5. The number of halogens is 2. The van der Waals surface area contributed by atoms with Crippen molar-refractivity contribution in [2.75, 3.05) is 19.6 Å². The van der Waals surface area contributed by atoms with E-state index in [1.54, 1.807) is 36.4 Å². The van der Waals surface area contributed by atoms with E-state index in [1.165, 1.54) is 12.1 Å². The first kappa shape index (κ1) is 19.3. The summed E-state index contributed by atoms with van der Waals surface area (Å²) in [5.41, 5.74) is 1.48. The molecule has 26 heavy (non-hydrogen) atoms. The molecule has 1 saturated heterocycles. The van der Waals surface area contributed by atoms with Gasteiger partial charge in [0.1, 0.15) is 5.82 Å². The number of likely N-dealkylation sites (tertiary alicyclic amines) is 1. The van der Waals surface area contributed by atoms with Gasteiger partial charge in [-0.25, -0.2) is 17.5 Å². The highest BCUT2D eigenvalue weighted by Gasteiger charge is 2.25. The van der Waals surface area contributed by atoms with Crippen molar-refractivity contribution in [2.45, 2.75) is 24.6 Å². The first-order valence-electron chi connectivity index (χ1n) is 8.65. The molecule has 140 valence electrons. The second-order valence-electron chi connectivity index (χ2n) is 6.51. The van der Waals surface area contributed by atoms with Crippen LogP contribution in [-0.2, 0) is 15.8 Å². The van der Waals surface area contributed by atoms with Gasteiger partial charge in [-0.2, -0.15) is 0 Å². The van der Waals surface area contributed by atoms with Gasteiger partial charge in [-0.05, 0) is 55.3 Å². The van der Waals surface area contributed by atoms with E-state index in [0.717, 1.165) is 31.5 Å². The van der Waals surface area contributed by atoms with Crippen molar-refractivity contribution in [3.8, 4) is 0 Å². The Labute approximate surface area is 159 Å². The summed E-state index contributed by atoms with van der Waals surface area (Å²) in [6, 6.07) is 13.1. The number of hydrogen-bond donors (Lipinski definition) is 1. The minimum Gasteiger partial charge on any atom is -0.295 e. The predicted octanol–water partition coefficient (Wildman–Crippen LogP) is 3.74. The second-order valence-corrected chi connectivity index (χ2v) is 8.72. The summed E-state index contributed by atoms with van der Waals surface area (Å²) >= 11 is 6.07. The van der Waals surface area contributed by atoms with Gasteiger partial charge in [0.05, 0.1) is 5.75 Å². The monoisotopic (exact) mass is 396 g/mol. The number of sulfonamides is 1. The molecule has 0 aromatic heterocycles. The Hall–Kier alpha value is -1.47. The van der Waals surface area contributed by atoms with Crippen LogP contribution in [0.4, 0.5) is 4.39 Å². The standard InChI is InChI=1S/C19H22ClFN2O2S/c20-18-6-2-1-5-16(18)14-26(24,25)22-13-19(23-11-3-4-12-23)15-7-9-17(21)10-8-15/h1-2,5-10,19,22H,3-4,11-14H2. The molecule has 1 unspecified atom stereocenters. The summed E-state index contributed by atoms with van der Waals surface area (Å²) in [7, 11) is -3.53. The molecule has 0 spiro atoms. The second kappa shape index (κ2) is 8.48. The maximum absolute atomic E-state index is 13.2. The zero-order chi connectivity index (χ0) is 18.6. The van der Waals surface area contributed by atoms with Crippen LogP contribution in [0.1, 0.15) is 30.0 Å². The van der Waals surface area contributed by atoms with Crippen LogP contribution >= 0.6 is 11.6 Å². The Kier molecular flexibility index (Phi) is 6.29. The first-order chi connectivity index (χ1) is 12.4. The summed E-state index contributed by atoms with van der Waals surface area (Å²) in [6.07, 6.45) is 2.17. The average Bonchev–Trinajstić information content (AvgIpc) is 3.13. The Morgan fingerprint density at radius 1 is 1.08 bits per heavy atom. The number of nitrogens with zero attached hydrogens (tertiary/aromatic N) is 1. The van der Waals surface area contributed by atoms with E-state index in [2.05, 4.69) is 9.62 Å². The summed E-state index contributed by atoms with van der Waals surface area (Å²) in [4.78, 5) is 2.24. The SMILES string of the molecule is O=S(=O)(Cc1ccccc1Cl)NCC(c1ccc(F)cc1)N1CCCC1. The minimum atomic E-state index is -3.53. The zero-order valence-electron chi connectivity index (χ0n) is 14.4. The fourth-order valence-electron chi connectivity index (χ4n) is 3.27. The molecule has 1 fully saturated rings. The van der Waals surface area contributed by atoms with Crippen molar-refractivity contribution in [3.05, 3.63) is 70.5 Å². The van der Waals surface area contributed by atoms with Crippen molar-refractivity contribution in [3.63, 3.8) is 0 Å². The van der Waals surface area contributed by atoms with E-state index in [1.807, 2.05) is 0 Å². The minimum absolute atomic E-state index is 0.112. The van der Waals surface area contributed by atoms with Gasteiger partial charge in [-0.1, -0.05) is 41.9 Å². The number of hydrogen-bond acceptors (Lipinski definition) is 3. The fraction of sp³-hybridized carbons (Fsp3) is 0.368. The highest BCUT2D eigenvalue weighted by molar-refractivity contribution is 7.88. The van der Waals surface area contributed by atoms with Crippen LogP contribution in [0.5, 0.6) is 0 Å². The smallest absolute Gasteiger partial charge is 0.215 e. The third-order valence-corrected chi connectivity index (χ3v) is 6.30. The lowest BCUT2D eigenvalue weighted by molar-refractivity contribution is 0.246. The van der Waals surface area contributed by atoms with E-state index in [4.69, 9.17) is 11.6 Å². The molecular weight excluding hydrogens is 375 g/mol. The molecule has 1 N–H and O–H groups in total. The van der Waals surface area contributed by atoms with Crippen molar-refractivity contribution in [1.82, 2.24) is 9.62 Å². The molecule has 0 aliphatic carbocycles. The predicted molar refractivity (Wildman–Crippen MR) is 102 cm³/mol. The van der Waals surface area contributed by atoms with Crippen LogP contribution in [0.15, 0.2) is 48.5 Å². The average molecular weight is 397 g/mol. The summed E-state index contributed by atoms with van der Waals surface area (Å²) in [5, 5.41) is 0.438. The molecule has 1 atom stereocenters. The maximum Gasteiger partial charge on any atom is 0.215 e. The normalized spacial score (nSPS) is 16.7. The topological polar surface area (TPSA) is 49.4 Å². The molecule has 0 radical (unpaired) electrons. The van der Waals surface area contributed by atoms with Gasteiger partial charge in [0.15, 0.2) is 0 Å². The van der Waals surface area contributed by atoms with Crippen LogP contribution in [0.2, 0.25) is 5.02 Å². The third-order valence-electron chi connectivity index (χ3n) is 4.64. The van der Waals surface area contributed by atoms with Gasteiger partial charge < -0.3 is 0 Å². The Morgan fingerprint density at radius 3 is 2.38 bits per heavy atom. The molecule has 2 aromatic rings. The van der Waals surface area contributed by atoms with Crippen LogP contribution < -0.4 is 4.72 Å². The summed E-state index contributed by atoms with van der Waals surface area (Å²) < 4.78 is 41.0. The third kappa shape index (κ3) is 5.04. The zero-order valence-corrected chi connectivity index (χ0v) is 15.9.